The molecule has 17 heavy (non-hydrogen) atoms. The Kier molecular flexibility index (Phi) is 4.80. The second-order valence-corrected chi connectivity index (χ2v) is 2.95. The average Bonchev–Trinajstić information content (AvgIpc) is 2.29. The van der Waals surface area contributed by atoms with Gasteiger partial charge in [-0.2, -0.15) is 0 Å². The van der Waals surface area contributed by atoms with Crippen LogP contribution in [0.2, 0.25) is 0 Å². The van der Waals surface area contributed by atoms with Crippen LogP contribution in [0.3, 0.4) is 0 Å². The van der Waals surface area contributed by atoms with Gasteiger partial charge >= 0.3 is 11.9 Å². The van der Waals surface area contributed by atoms with Crippen molar-refractivity contribution < 1.29 is 19.1 Å². The van der Waals surface area contributed by atoms with Gasteiger partial charge in [0.1, 0.15) is 0 Å². The van der Waals surface area contributed by atoms with Gasteiger partial charge in [0.05, 0.1) is 18.5 Å². The number of aromatic nitrogens is 2. The number of rotatable bonds is 4. The second-order valence-electron chi connectivity index (χ2n) is 2.95. The minimum absolute atomic E-state index is 0.192. The molecule has 6 nitrogen and oxygen atoms in total. The molecule has 1 rings (SSSR count). The number of esters is 2. The number of hydrogen-bond donors (Lipinski definition) is 0. The van der Waals surface area contributed by atoms with Crippen molar-refractivity contribution in [2.24, 2.45) is 0 Å². The van der Waals surface area contributed by atoms with Crippen LogP contribution in [0.4, 0.5) is 0 Å². The highest BCUT2D eigenvalue weighted by Crippen LogP contribution is 2.07. The van der Waals surface area contributed by atoms with Crippen LogP contribution in [-0.4, -0.2) is 28.5 Å². The first-order valence-corrected chi connectivity index (χ1v) is 4.96. The first-order valence-electron chi connectivity index (χ1n) is 4.96. The molecular formula is C11H12N2O4. The van der Waals surface area contributed by atoms with Crippen LogP contribution in [-0.2, 0) is 19.1 Å². The Morgan fingerprint density at radius 3 is 2.71 bits per heavy atom. The number of ether oxygens (including phenoxy) is 2. The van der Waals surface area contributed by atoms with E-state index in [4.69, 9.17) is 9.47 Å². The monoisotopic (exact) mass is 236 g/mol. The van der Waals surface area contributed by atoms with E-state index in [2.05, 4.69) is 9.97 Å². The Bertz CT molecular complexity index is 428. The molecule has 0 aliphatic rings. The lowest BCUT2D eigenvalue weighted by Crippen LogP contribution is -2.13. The minimum Gasteiger partial charge on any atom is -0.460 e. The summed E-state index contributed by atoms with van der Waals surface area (Å²) in [7, 11) is 0. The molecule has 0 saturated carbocycles. The van der Waals surface area contributed by atoms with Gasteiger partial charge in [0, 0.05) is 25.4 Å². The van der Waals surface area contributed by atoms with E-state index in [-0.39, 0.29) is 12.4 Å². The highest BCUT2D eigenvalue weighted by molar-refractivity contribution is 5.93. The van der Waals surface area contributed by atoms with Gasteiger partial charge < -0.3 is 9.47 Å². The first-order chi connectivity index (χ1) is 8.13. The molecular weight excluding hydrogens is 224 g/mol. The summed E-state index contributed by atoms with van der Waals surface area (Å²) in [6.07, 6.45) is 5.69. The topological polar surface area (TPSA) is 78.4 Å². The van der Waals surface area contributed by atoms with Crippen LogP contribution < -0.4 is 0 Å². The molecule has 0 aromatic carbocycles. The molecule has 0 amide bonds. The highest BCUT2D eigenvalue weighted by Gasteiger charge is 2.14. The van der Waals surface area contributed by atoms with E-state index in [1.54, 1.807) is 6.92 Å². The number of carbonyl (C=O) groups is 2. The summed E-state index contributed by atoms with van der Waals surface area (Å²) in [6.45, 7) is 3.05. The van der Waals surface area contributed by atoms with Crippen molar-refractivity contribution in [3.05, 3.63) is 30.0 Å². The Hall–Kier alpha value is -2.24. The second kappa shape index (κ2) is 6.37. The van der Waals surface area contributed by atoms with Gasteiger partial charge in [0.25, 0.3) is 0 Å². The maximum absolute atomic E-state index is 11.5. The lowest BCUT2D eigenvalue weighted by Gasteiger charge is -2.05. The summed E-state index contributed by atoms with van der Waals surface area (Å²) < 4.78 is 9.49. The van der Waals surface area contributed by atoms with E-state index in [0.717, 1.165) is 0 Å². The first kappa shape index (κ1) is 12.8. The van der Waals surface area contributed by atoms with Crippen LogP contribution >= 0.6 is 0 Å². The van der Waals surface area contributed by atoms with E-state index >= 15 is 0 Å². The van der Waals surface area contributed by atoms with Gasteiger partial charge in [0.2, 0.25) is 5.76 Å². The number of nitrogens with zero attached hydrogens (tertiary/aromatic N) is 2. The van der Waals surface area contributed by atoms with Crippen LogP contribution in [0, 0.1) is 0 Å². The molecule has 0 aliphatic heterocycles. The molecule has 0 bridgehead atoms. The molecule has 0 fully saturated rings. The maximum Gasteiger partial charge on any atom is 0.374 e. The molecule has 1 aromatic rings. The summed E-state index contributed by atoms with van der Waals surface area (Å²) >= 11 is 0. The standard InChI is InChI=1S/C11H12N2O4/c1-3-16-11(15)10(17-8(2)14)6-9-7-12-4-5-13-9/h4-7H,3H2,1-2H3/b10-6-. The Morgan fingerprint density at radius 1 is 1.41 bits per heavy atom. The van der Waals surface area contributed by atoms with Crippen LogP contribution in [0.5, 0.6) is 0 Å². The number of hydrogen-bond acceptors (Lipinski definition) is 6. The van der Waals surface area contributed by atoms with Crippen molar-refractivity contribution >= 4 is 18.0 Å². The Morgan fingerprint density at radius 2 is 2.18 bits per heavy atom. The summed E-state index contributed by atoms with van der Waals surface area (Å²) in [5.74, 6) is -1.53. The summed E-state index contributed by atoms with van der Waals surface area (Å²) in [4.78, 5) is 30.1. The van der Waals surface area contributed by atoms with E-state index < -0.39 is 11.9 Å². The van der Waals surface area contributed by atoms with E-state index in [0.29, 0.717) is 5.69 Å². The highest BCUT2D eigenvalue weighted by atomic mass is 16.6. The van der Waals surface area contributed by atoms with Crippen molar-refractivity contribution in [2.45, 2.75) is 13.8 Å². The van der Waals surface area contributed by atoms with Crippen LogP contribution in [0.15, 0.2) is 24.3 Å². The molecule has 0 aliphatic carbocycles. The van der Waals surface area contributed by atoms with Gasteiger partial charge in [-0.05, 0) is 6.92 Å². The van der Waals surface area contributed by atoms with E-state index in [9.17, 15) is 9.59 Å². The fraction of sp³-hybridized carbons (Fsp3) is 0.273. The summed E-state index contributed by atoms with van der Waals surface area (Å²) in [5.41, 5.74) is 0.400. The van der Waals surface area contributed by atoms with Crippen LogP contribution in [0.1, 0.15) is 19.5 Å². The van der Waals surface area contributed by atoms with Gasteiger partial charge in [0.15, 0.2) is 0 Å². The Balaban J connectivity index is 2.93. The molecule has 0 unspecified atom stereocenters. The summed E-state index contributed by atoms with van der Waals surface area (Å²) in [6, 6.07) is 0. The van der Waals surface area contributed by atoms with Crippen LogP contribution in [0.25, 0.3) is 6.08 Å². The third-order valence-corrected chi connectivity index (χ3v) is 1.59. The zero-order valence-corrected chi connectivity index (χ0v) is 9.54. The SMILES string of the molecule is CCOC(=O)/C(=C/c1cnccn1)OC(C)=O. The smallest absolute Gasteiger partial charge is 0.374 e. The predicted octanol–water partition coefficient (Wildman–Crippen LogP) is 0.944. The molecule has 90 valence electrons. The van der Waals surface area contributed by atoms with E-state index in [1.165, 1.54) is 31.6 Å². The van der Waals surface area contributed by atoms with Gasteiger partial charge in [-0.3, -0.25) is 14.8 Å². The molecule has 0 atom stereocenters. The van der Waals surface area contributed by atoms with Gasteiger partial charge in [-0.15, -0.1) is 0 Å². The molecule has 6 heteroatoms. The fourth-order valence-electron chi connectivity index (χ4n) is 1.01. The largest absolute Gasteiger partial charge is 0.460 e. The van der Waals surface area contributed by atoms with Crippen molar-refractivity contribution in [3.63, 3.8) is 0 Å². The lowest BCUT2D eigenvalue weighted by atomic mass is 10.3. The van der Waals surface area contributed by atoms with Gasteiger partial charge in [-0.25, -0.2) is 4.79 Å². The van der Waals surface area contributed by atoms with Crippen molar-refractivity contribution in [1.29, 1.82) is 0 Å². The average molecular weight is 236 g/mol. The van der Waals surface area contributed by atoms with Crippen molar-refractivity contribution in [1.82, 2.24) is 9.97 Å². The zero-order chi connectivity index (χ0) is 12.7. The third-order valence-electron chi connectivity index (χ3n) is 1.59. The molecule has 1 aromatic heterocycles. The summed E-state index contributed by atoms with van der Waals surface area (Å²) in [5, 5.41) is 0. The minimum atomic E-state index is -0.714. The third kappa shape index (κ3) is 4.42. The molecule has 1 heterocycles. The molecule has 0 spiro atoms. The quantitative estimate of drug-likeness (QED) is 0.440. The number of carbonyl (C=O) groups excluding carboxylic acids is 2. The zero-order valence-electron chi connectivity index (χ0n) is 9.54. The normalized spacial score (nSPS) is 10.8. The molecule has 0 radical (unpaired) electrons. The Labute approximate surface area is 98.3 Å². The molecule has 0 N–H and O–H groups in total. The van der Waals surface area contributed by atoms with E-state index in [1.807, 2.05) is 0 Å². The predicted molar refractivity (Wildman–Crippen MR) is 58.4 cm³/mol. The lowest BCUT2D eigenvalue weighted by molar-refractivity contribution is -0.149. The fourth-order valence-corrected chi connectivity index (χ4v) is 1.01. The van der Waals surface area contributed by atoms with Gasteiger partial charge in [-0.1, -0.05) is 0 Å². The van der Waals surface area contributed by atoms with Crippen molar-refractivity contribution in [2.75, 3.05) is 6.61 Å². The molecule has 0 saturated heterocycles. The van der Waals surface area contributed by atoms with Crippen molar-refractivity contribution in [3.8, 4) is 0 Å². The maximum atomic E-state index is 11.5.